The van der Waals surface area contributed by atoms with Gasteiger partial charge in [-0.1, -0.05) is 25.6 Å². The van der Waals surface area contributed by atoms with Gasteiger partial charge >= 0.3 is 0 Å². The van der Waals surface area contributed by atoms with Crippen molar-refractivity contribution in [2.45, 2.75) is 38.3 Å². The van der Waals surface area contributed by atoms with E-state index in [9.17, 15) is 4.79 Å². The van der Waals surface area contributed by atoms with Crippen LogP contribution >= 0.6 is 11.8 Å². The van der Waals surface area contributed by atoms with Crippen LogP contribution in [0.3, 0.4) is 0 Å². The summed E-state index contributed by atoms with van der Waals surface area (Å²) >= 11 is 1.50. The summed E-state index contributed by atoms with van der Waals surface area (Å²) in [6.07, 6.45) is 4.38. The quantitative estimate of drug-likeness (QED) is 0.455. The highest BCUT2D eigenvalue weighted by molar-refractivity contribution is 7.98. The van der Waals surface area contributed by atoms with Gasteiger partial charge in [0.15, 0.2) is 5.16 Å². The molecule has 1 rings (SSSR count). The van der Waals surface area contributed by atoms with Crippen molar-refractivity contribution in [1.82, 2.24) is 15.3 Å². The van der Waals surface area contributed by atoms with Gasteiger partial charge in [-0.05, 0) is 19.1 Å². The van der Waals surface area contributed by atoms with Crippen LogP contribution in [0.15, 0.2) is 11.2 Å². The average Bonchev–Trinajstić information content (AvgIpc) is 2.50. The number of aromatic nitrogens is 2. The molecule has 0 aliphatic carbocycles. The van der Waals surface area contributed by atoms with Crippen LogP contribution in [-0.2, 0) is 4.79 Å². The third-order valence-electron chi connectivity index (χ3n) is 2.67. The minimum atomic E-state index is 0.0628. The predicted molar refractivity (Wildman–Crippen MR) is 89.0 cm³/mol. The van der Waals surface area contributed by atoms with Gasteiger partial charge < -0.3 is 16.0 Å². The molecule has 1 amide bonds. The van der Waals surface area contributed by atoms with Gasteiger partial charge in [0, 0.05) is 32.1 Å². The lowest BCUT2D eigenvalue weighted by Gasteiger charge is -2.10. The number of nitrogens with zero attached hydrogens (tertiary/aromatic N) is 2. The number of amides is 1. The van der Waals surface area contributed by atoms with E-state index in [0.717, 1.165) is 37.6 Å². The van der Waals surface area contributed by atoms with Gasteiger partial charge in [0.25, 0.3) is 0 Å². The number of carbonyl (C=O) groups is 1. The summed E-state index contributed by atoms with van der Waals surface area (Å²) in [5, 5.41) is 10.0. The molecule has 1 aromatic heterocycles. The fourth-order valence-electron chi connectivity index (χ4n) is 1.61. The molecule has 21 heavy (non-hydrogen) atoms. The largest absolute Gasteiger partial charge is 0.370 e. The lowest BCUT2D eigenvalue weighted by molar-refractivity contribution is -0.120. The zero-order valence-corrected chi connectivity index (χ0v) is 13.8. The first-order valence-electron chi connectivity index (χ1n) is 7.37. The summed E-state index contributed by atoms with van der Waals surface area (Å²) in [5.74, 6) is 1.62. The standard InChI is InChI=1S/C14H25N5OS/c1-4-7-15-11-10-12(19-14(18-11)21-3)16-9-6-13(20)17-8-5-2/h10H,4-9H2,1-3H3,(H,17,20)(H2,15,16,18,19). The molecule has 0 saturated heterocycles. The summed E-state index contributed by atoms with van der Waals surface area (Å²) < 4.78 is 0. The highest BCUT2D eigenvalue weighted by Crippen LogP contribution is 2.17. The number of carbonyl (C=O) groups excluding carboxylic acids is 1. The minimum absolute atomic E-state index is 0.0628. The molecule has 0 atom stereocenters. The predicted octanol–water partition coefficient (Wildman–Crippen LogP) is 2.35. The third kappa shape index (κ3) is 7.17. The topological polar surface area (TPSA) is 78.9 Å². The Labute approximate surface area is 130 Å². The fourth-order valence-corrected chi connectivity index (χ4v) is 1.99. The van der Waals surface area contributed by atoms with Gasteiger partial charge in [-0.15, -0.1) is 0 Å². The summed E-state index contributed by atoms with van der Waals surface area (Å²) in [6, 6.07) is 1.87. The summed E-state index contributed by atoms with van der Waals surface area (Å²) in [5.41, 5.74) is 0. The average molecular weight is 311 g/mol. The second-order valence-corrected chi connectivity index (χ2v) is 5.35. The molecule has 0 unspecified atom stereocenters. The summed E-state index contributed by atoms with van der Waals surface area (Å²) in [4.78, 5) is 20.3. The number of nitrogens with one attached hydrogen (secondary N) is 3. The van der Waals surface area contributed by atoms with Crippen LogP contribution in [0.1, 0.15) is 33.1 Å². The van der Waals surface area contributed by atoms with E-state index in [1.54, 1.807) is 0 Å². The number of thioether (sulfide) groups is 1. The maximum absolute atomic E-state index is 11.5. The molecule has 1 heterocycles. The molecule has 6 nitrogen and oxygen atoms in total. The second-order valence-electron chi connectivity index (χ2n) is 4.58. The molecule has 0 fully saturated rings. The number of hydrogen-bond donors (Lipinski definition) is 3. The Morgan fingerprint density at radius 3 is 2.29 bits per heavy atom. The van der Waals surface area contributed by atoms with Gasteiger partial charge in [-0.25, -0.2) is 9.97 Å². The Morgan fingerprint density at radius 2 is 1.71 bits per heavy atom. The molecule has 0 saturated carbocycles. The van der Waals surface area contributed by atoms with Crippen molar-refractivity contribution >= 4 is 29.3 Å². The van der Waals surface area contributed by atoms with E-state index < -0.39 is 0 Å². The molecule has 0 bridgehead atoms. The van der Waals surface area contributed by atoms with E-state index in [1.807, 2.05) is 19.2 Å². The Bertz CT molecular complexity index is 441. The van der Waals surface area contributed by atoms with Crippen LogP contribution in [0.5, 0.6) is 0 Å². The highest BCUT2D eigenvalue weighted by Gasteiger charge is 2.05. The Hall–Kier alpha value is -1.50. The molecule has 0 aliphatic heterocycles. The molecular weight excluding hydrogens is 286 g/mol. The zero-order valence-electron chi connectivity index (χ0n) is 13.0. The number of hydrogen-bond acceptors (Lipinski definition) is 6. The maximum Gasteiger partial charge on any atom is 0.221 e. The van der Waals surface area contributed by atoms with Crippen molar-refractivity contribution in [1.29, 1.82) is 0 Å². The van der Waals surface area contributed by atoms with Crippen molar-refractivity contribution in [3.8, 4) is 0 Å². The molecular formula is C14H25N5OS. The molecule has 3 N–H and O–H groups in total. The Balaban J connectivity index is 2.51. The van der Waals surface area contributed by atoms with E-state index in [0.29, 0.717) is 18.1 Å². The van der Waals surface area contributed by atoms with Crippen molar-refractivity contribution in [3.63, 3.8) is 0 Å². The van der Waals surface area contributed by atoms with Crippen molar-refractivity contribution < 1.29 is 4.79 Å². The monoisotopic (exact) mass is 311 g/mol. The molecule has 0 aliphatic rings. The van der Waals surface area contributed by atoms with Gasteiger partial charge in [0.1, 0.15) is 11.6 Å². The lowest BCUT2D eigenvalue weighted by Crippen LogP contribution is -2.26. The van der Waals surface area contributed by atoms with Gasteiger partial charge in [-0.2, -0.15) is 0 Å². The Kier molecular flexibility index (Phi) is 8.57. The van der Waals surface area contributed by atoms with Gasteiger partial charge in [-0.3, -0.25) is 4.79 Å². The van der Waals surface area contributed by atoms with Crippen LogP contribution in [0, 0.1) is 0 Å². The van der Waals surface area contributed by atoms with E-state index >= 15 is 0 Å². The highest BCUT2D eigenvalue weighted by atomic mass is 32.2. The van der Waals surface area contributed by atoms with Crippen molar-refractivity contribution in [3.05, 3.63) is 6.07 Å². The van der Waals surface area contributed by atoms with E-state index in [-0.39, 0.29) is 5.91 Å². The van der Waals surface area contributed by atoms with Crippen molar-refractivity contribution in [2.75, 3.05) is 36.5 Å². The minimum Gasteiger partial charge on any atom is -0.370 e. The van der Waals surface area contributed by atoms with Crippen LogP contribution in [0.4, 0.5) is 11.6 Å². The maximum atomic E-state index is 11.5. The van der Waals surface area contributed by atoms with Gasteiger partial charge in [0.2, 0.25) is 5.91 Å². The molecule has 0 aromatic carbocycles. The van der Waals surface area contributed by atoms with E-state index in [2.05, 4.69) is 32.8 Å². The van der Waals surface area contributed by atoms with Crippen LogP contribution in [0.2, 0.25) is 0 Å². The molecule has 1 aromatic rings. The van der Waals surface area contributed by atoms with Crippen molar-refractivity contribution in [2.24, 2.45) is 0 Å². The van der Waals surface area contributed by atoms with E-state index in [4.69, 9.17) is 0 Å². The van der Waals surface area contributed by atoms with Crippen LogP contribution in [-0.4, -0.2) is 41.8 Å². The first-order valence-corrected chi connectivity index (χ1v) is 8.59. The summed E-state index contributed by atoms with van der Waals surface area (Å²) in [7, 11) is 0. The van der Waals surface area contributed by atoms with E-state index in [1.165, 1.54) is 11.8 Å². The smallest absolute Gasteiger partial charge is 0.221 e. The molecule has 7 heteroatoms. The second kappa shape index (κ2) is 10.3. The fraction of sp³-hybridized carbons (Fsp3) is 0.643. The van der Waals surface area contributed by atoms with Crippen LogP contribution in [0.25, 0.3) is 0 Å². The molecule has 0 spiro atoms. The van der Waals surface area contributed by atoms with Crippen LogP contribution < -0.4 is 16.0 Å². The lowest BCUT2D eigenvalue weighted by atomic mass is 10.3. The summed E-state index contributed by atoms with van der Waals surface area (Å²) in [6.45, 7) is 6.32. The Morgan fingerprint density at radius 1 is 1.10 bits per heavy atom. The van der Waals surface area contributed by atoms with Gasteiger partial charge in [0.05, 0.1) is 0 Å². The number of anilines is 2. The first-order chi connectivity index (χ1) is 10.2. The third-order valence-corrected chi connectivity index (χ3v) is 3.22. The SMILES string of the molecule is CCCNC(=O)CCNc1cc(NCCC)nc(SC)n1. The molecule has 0 radical (unpaired) electrons. The normalized spacial score (nSPS) is 10.2. The zero-order chi connectivity index (χ0) is 15.5. The molecule has 118 valence electrons. The first kappa shape index (κ1) is 17.6. The number of rotatable bonds is 10.